The smallest absolute Gasteiger partial charge is 0.335 e. The van der Waals surface area contributed by atoms with Crippen LogP contribution in [-0.4, -0.2) is 28.5 Å². The first-order valence-electron chi connectivity index (χ1n) is 6.81. The van der Waals surface area contributed by atoms with E-state index in [1.54, 1.807) is 12.1 Å². The highest BCUT2D eigenvalue weighted by atomic mass is 32.2. The number of hydrogen-bond acceptors (Lipinski definition) is 3. The molecule has 1 aromatic carbocycles. The fourth-order valence-corrected chi connectivity index (χ4v) is 4.15. The first-order chi connectivity index (χ1) is 9.17. The summed E-state index contributed by atoms with van der Waals surface area (Å²) in [6.07, 6.45) is 5.94. The summed E-state index contributed by atoms with van der Waals surface area (Å²) in [5, 5.41) is 9.48. The van der Waals surface area contributed by atoms with E-state index in [0.717, 1.165) is 24.3 Å². The van der Waals surface area contributed by atoms with Crippen LogP contribution in [0.1, 0.15) is 42.5 Å². The summed E-state index contributed by atoms with van der Waals surface area (Å²) in [5.74, 6) is -0.865. The number of ether oxygens (including phenoxy) is 1. The van der Waals surface area contributed by atoms with Crippen LogP contribution in [0.25, 0.3) is 0 Å². The predicted molar refractivity (Wildman–Crippen MR) is 74.8 cm³/mol. The van der Waals surface area contributed by atoms with Crippen LogP contribution in [0.4, 0.5) is 0 Å². The molecule has 19 heavy (non-hydrogen) atoms. The Morgan fingerprint density at radius 2 is 2.05 bits per heavy atom. The molecule has 1 unspecified atom stereocenters. The second-order valence-corrected chi connectivity index (χ2v) is 6.82. The van der Waals surface area contributed by atoms with E-state index >= 15 is 0 Å². The maximum atomic E-state index is 10.8. The van der Waals surface area contributed by atoms with E-state index in [2.05, 4.69) is 0 Å². The molecule has 3 nitrogen and oxygen atoms in total. The van der Waals surface area contributed by atoms with Gasteiger partial charge in [0.15, 0.2) is 0 Å². The summed E-state index contributed by atoms with van der Waals surface area (Å²) in [6.45, 7) is 0.866. The molecule has 3 rings (SSSR count). The summed E-state index contributed by atoms with van der Waals surface area (Å²) in [5.41, 5.74) is 0.531. The van der Waals surface area contributed by atoms with E-state index in [1.807, 2.05) is 23.9 Å². The number of thioether (sulfide) groups is 1. The normalized spacial score (nSPS) is 24.9. The molecule has 0 radical (unpaired) electrons. The Morgan fingerprint density at radius 3 is 2.63 bits per heavy atom. The van der Waals surface area contributed by atoms with Crippen molar-refractivity contribution in [2.45, 2.75) is 47.9 Å². The highest BCUT2D eigenvalue weighted by molar-refractivity contribution is 8.00. The van der Waals surface area contributed by atoms with Crippen molar-refractivity contribution in [1.29, 1.82) is 0 Å². The number of benzene rings is 1. The molecule has 1 heterocycles. The van der Waals surface area contributed by atoms with Gasteiger partial charge in [-0.1, -0.05) is 0 Å². The van der Waals surface area contributed by atoms with E-state index in [4.69, 9.17) is 9.84 Å². The van der Waals surface area contributed by atoms with Crippen LogP contribution in [-0.2, 0) is 4.74 Å². The molecule has 0 amide bonds. The lowest BCUT2D eigenvalue weighted by molar-refractivity contribution is -0.125. The van der Waals surface area contributed by atoms with Gasteiger partial charge in [-0.2, -0.15) is 0 Å². The molecular formula is C15H18O3S. The fourth-order valence-electron chi connectivity index (χ4n) is 2.87. The summed E-state index contributed by atoms with van der Waals surface area (Å²) >= 11 is 1.86. The molecule has 1 N–H and O–H groups in total. The zero-order chi connectivity index (χ0) is 13.3. The third kappa shape index (κ3) is 2.79. The van der Waals surface area contributed by atoms with Crippen molar-refractivity contribution in [3.05, 3.63) is 29.8 Å². The summed E-state index contributed by atoms with van der Waals surface area (Å²) < 4.78 is 5.93. The summed E-state index contributed by atoms with van der Waals surface area (Å²) in [4.78, 5) is 12.0. The lowest BCUT2D eigenvalue weighted by Crippen LogP contribution is -2.46. The topological polar surface area (TPSA) is 46.5 Å². The molecule has 1 saturated carbocycles. The average molecular weight is 278 g/mol. The monoisotopic (exact) mass is 278 g/mol. The van der Waals surface area contributed by atoms with Crippen LogP contribution < -0.4 is 0 Å². The predicted octanol–water partition coefficient (Wildman–Crippen LogP) is 3.58. The van der Waals surface area contributed by atoms with Crippen LogP contribution in [0.2, 0.25) is 0 Å². The Kier molecular flexibility index (Phi) is 3.54. The van der Waals surface area contributed by atoms with Gasteiger partial charge in [-0.05, 0) is 56.4 Å². The standard InChI is InChI=1S/C15H18O3S/c16-14(17)11-2-4-12(5-3-11)19-13-6-9-18-15(10-13)7-1-8-15/h2-5,13H,1,6-10H2,(H,16,17). The van der Waals surface area contributed by atoms with Gasteiger partial charge in [-0.15, -0.1) is 11.8 Å². The van der Waals surface area contributed by atoms with Crippen molar-refractivity contribution >= 4 is 17.7 Å². The molecule has 2 aliphatic rings. The van der Waals surface area contributed by atoms with Gasteiger partial charge in [0.05, 0.1) is 11.2 Å². The van der Waals surface area contributed by atoms with Gasteiger partial charge in [0.1, 0.15) is 0 Å². The minimum Gasteiger partial charge on any atom is -0.478 e. The molecule has 4 heteroatoms. The second kappa shape index (κ2) is 5.17. The molecule has 0 aromatic heterocycles. The van der Waals surface area contributed by atoms with Crippen LogP contribution in [0.3, 0.4) is 0 Å². The first-order valence-corrected chi connectivity index (χ1v) is 7.69. The maximum absolute atomic E-state index is 10.8. The molecule has 1 aromatic rings. The Hall–Kier alpha value is -1.00. The quantitative estimate of drug-likeness (QED) is 0.918. The largest absolute Gasteiger partial charge is 0.478 e. The highest BCUT2D eigenvalue weighted by Crippen LogP contribution is 2.46. The summed E-state index contributed by atoms with van der Waals surface area (Å²) in [7, 11) is 0. The number of carboxylic acid groups (broad SMARTS) is 1. The second-order valence-electron chi connectivity index (χ2n) is 5.45. The molecule has 1 spiro atoms. The Balaban J connectivity index is 1.62. The van der Waals surface area contributed by atoms with Crippen molar-refractivity contribution in [2.75, 3.05) is 6.61 Å². The number of rotatable bonds is 3. The molecule has 102 valence electrons. The van der Waals surface area contributed by atoms with Crippen molar-refractivity contribution in [2.24, 2.45) is 0 Å². The molecule has 2 fully saturated rings. The van der Waals surface area contributed by atoms with Crippen molar-refractivity contribution in [1.82, 2.24) is 0 Å². The zero-order valence-corrected chi connectivity index (χ0v) is 11.6. The summed E-state index contributed by atoms with van der Waals surface area (Å²) in [6, 6.07) is 7.19. The van der Waals surface area contributed by atoms with E-state index in [-0.39, 0.29) is 5.60 Å². The van der Waals surface area contributed by atoms with Crippen molar-refractivity contribution < 1.29 is 14.6 Å². The van der Waals surface area contributed by atoms with E-state index in [1.165, 1.54) is 19.3 Å². The molecule has 1 aliphatic heterocycles. The Morgan fingerprint density at radius 1 is 1.32 bits per heavy atom. The lowest BCUT2D eigenvalue weighted by Gasteiger charge is -2.47. The van der Waals surface area contributed by atoms with Crippen LogP contribution in [0.5, 0.6) is 0 Å². The number of carbonyl (C=O) groups is 1. The van der Waals surface area contributed by atoms with Crippen LogP contribution >= 0.6 is 11.8 Å². The van der Waals surface area contributed by atoms with E-state index < -0.39 is 5.97 Å². The highest BCUT2D eigenvalue weighted by Gasteiger charge is 2.42. The number of hydrogen-bond donors (Lipinski definition) is 1. The van der Waals surface area contributed by atoms with Crippen LogP contribution in [0, 0.1) is 0 Å². The first kappa shape index (κ1) is 13.0. The van der Waals surface area contributed by atoms with Gasteiger partial charge >= 0.3 is 5.97 Å². The van der Waals surface area contributed by atoms with Gasteiger partial charge in [-0.3, -0.25) is 0 Å². The van der Waals surface area contributed by atoms with E-state index in [9.17, 15) is 4.79 Å². The van der Waals surface area contributed by atoms with Crippen molar-refractivity contribution in [3.63, 3.8) is 0 Å². The van der Waals surface area contributed by atoms with Crippen molar-refractivity contribution in [3.8, 4) is 0 Å². The van der Waals surface area contributed by atoms with Gasteiger partial charge < -0.3 is 9.84 Å². The Labute approximate surface area is 117 Å². The minimum absolute atomic E-state index is 0.178. The number of aromatic carboxylic acids is 1. The lowest BCUT2D eigenvalue weighted by atomic mass is 9.75. The third-order valence-electron chi connectivity index (χ3n) is 4.12. The molecule has 1 atom stereocenters. The molecule has 0 bridgehead atoms. The zero-order valence-electron chi connectivity index (χ0n) is 10.8. The van der Waals surface area contributed by atoms with Crippen LogP contribution in [0.15, 0.2) is 29.2 Å². The van der Waals surface area contributed by atoms with Gasteiger partial charge in [0.2, 0.25) is 0 Å². The van der Waals surface area contributed by atoms with E-state index in [0.29, 0.717) is 10.8 Å². The molecular weight excluding hydrogens is 260 g/mol. The fraction of sp³-hybridized carbons (Fsp3) is 0.533. The molecule has 1 aliphatic carbocycles. The van der Waals surface area contributed by atoms with Gasteiger partial charge in [0, 0.05) is 16.8 Å². The average Bonchev–Trinajstić information content (AvgIpc) is 2.38. The third-order valence-corrected chi connectivity index (χ3v) is 5.40. The number of carboxylic acids is 1. The molecule has 1 saturated heterocycles. The van der Waals surface area contributed by atoms with Gasteiger partial charge in [0.25, 0.3) is 0 Å². The van der Waals surface area contributed by atoms with Gasteiger partial charge in [-0.25, -0.2) is 4.79 Å². The minimum atomic E-state index is -0.865. The SMILES string of the molecule is O=C(O)c1ccc(SC2CCOC3(CCC3)C2)cc1. The Bertz CT molecular complexity index is 465. The maximum Gasteiger partial charge on any atom is 0.335 e.